The van der Waals surface area contributed by atoms with Crippen molar-refractivity contribution in [3.63, 3.8) is 0 Å². The van der Waals surface area contributed by atoms with Gasteiger partial charge in [-0.25, -0.2) is 8.42 Å². The van der Waals surface area contributed by atoms with Gasteiger partial charge in [0.25, 0.3) is 0 Å². The zero-order valence-electron chi connectivity index (χ0n) is 13.8. The van der Waals surface area contributed by atoms with Crippen LogP contribution in [0.15, 0.2) is 0 Å². The molecule has 2 fully saturated rings. The molecule has 4 nitrogen and oxygen atoms in total. The third-order valence-electron chi connectivity index (χ3n) is 4.97. The monoisotopic (exact) mass is 316 g/mol. The Labute approximate surface area is 130 Å². The first-order valence-electron chi connectivity index (χ1n) is 8.54. The van der Waals surface area contributed by atoms with Crippen molar-refractivity contribution in [2.24, 2.45) is 5.92 Å². The van der Waals surface area contributed by atoms with Crippen molar-refractivity contribution in [3.8, 4) is 0 Å². The summed E-state index contributed by atoms with van der Waals surface area (Å²) in [6.07, 6.45) is 7.97. The van der Waals surface area contributed by atoms with Crippen molar-refractivity contribution in [3.05, 3.63) is 0 Å². The minimum atomic E-state index is -2.93. The maximum atomic E-state index is 12.0. The summed E-state index contributed by atoms with van der Waals surface area (Å²) in [5.74, 6) is 0.698. The Bertz CT molecular complexity index is 422. The van der Waals surface area contributed by atoms with Gasteiger partial charge in [0.2, 0.25) is 0 Å². The summed E-state index contributed by atoms with van der Waals surface area (Å²) in [4.78, 5) is 2.58. The van der Waals surface area contributed by atoms with Gasteiger partial charge in [-0.2, -0.15) is 0 Å². The molecule has 1 aliphatic carbocycles. The molecule has 21 heavy (non-hydrogen) atoms. The lowest BCUT2D eigenvalue weighted by Gasteiger charge is -2.33. The Kier molecular flexibility index (Phi) is 6.09. The number of likely N-dealkylation sites (tertiary alicyclic amines) is 1. The minimum absolute atomic E-state index is 0.162. The quantitative estimate of drug-likeness (QED) is 0.815. The molecule has 0 aromatic carbocycles. The summed E-state index contributed by atoms with van der Waals surface area (Å²) < 4.78 is 23.9. The van der Waals surface area contributed by atoms with Crippen LogP contribution in [0.2, 0.25) is 0 Å². The molecule has 1 N–H and O–H groups in total. The molecule has 1 saturated carbocycles. The fraction of sp³-hybridized carbons (Fsp3) is 1.00. The van der Waals surface area contributed by atoms with Gasteiger partial charge in [-0.1, -0.05) is 26.7 Å². The maximum Gasteiger partial charge on any atom is 0.151 e. The third kappa shape index (κ3) is 4.93. The summed E-state index contributed by atoms with van der Waals surface area (Å²) in [5, 5.41) is 3.43. The van der Waals surface area contributed by atoms with Gasteiger partial charge < -0.3 is 5.32 Å². The second kappa shape index (κ2) is 7.42. The highest BCUT2D eigenvalue weighted by atomic mass is 32.2. The van der Waals surface area contributed by atoms with E-state index in [0.717, 1.165) is 38.8 Å². The lowest BCUT2D eigenvalue weighted by atomic mass is 9.94. The molecule has 0 spiro atoms. The van der Waals surface area contributed by atoms with E-state index >= 15 is 0 Å². The van der Waals surface area contributed by atoms with Gasteiger partial charge in [0.05, 0.1) is 5.25 Å². The summed E-state index contributed by atoms with van der Waals surface area (Å²) in [6.45, 7) is 7.84. The Balaban J connectivity index is 1.88. The first-order chi connectivity index (χ1) is 9.88. The van der Waals surface area contributed by atoms with Crippen LogP contribution in [0.4, 0.5) is 0 Å². The predicted octanol–water partition coefficient (Wildman–Crippen LogP) is 2.05. The zero-order valence-corrected chi connectivity index (χ0v) is 14.7. The lowest BCUT2D eigenvalue weighted by Crippen LogP contribution is -2.50. The molecule has 0 radical (unpaired) electrons. The average molecular weight is 317 g/mol. The maximum absolute atomic E-state index is 12.0. The van der Waals surface area contributed by atoms with E-state index in [0.29, 0.717) is 12.0 Å². The summed E-state index contributed by atoms with van der Waals surface area (Å²) in [6, 6.07) is 0.754. The summed E-state index contributed by atoms with van der Waals surface area (Å²) >= 11 is 0. The molecule has 1 aliphatic heterocycles. The number of hydrogen-bond acceptors (Lipinski definition) is 4. The van der Waals surface area contributed by atoms with Gasteiger partial charge in [-0.15, -0.1) is 0 Å². The normalized spacial score (nSPS) is 31.9. The van der Waals surface area contributed by atoms with E-state index in [9.17, 15) is 8.42 Å². The first-order valence-corrected chi connectivity index (χ1v) is 10.5. The van der Waals surface area contributed by atoms with Crippen LogP contribution < -0.4 is 5.32 Å². The molecule has 0 unspecified atom stereocenters. The van der Waals surface area contributed by atoms with Gasteiger partial charge in [-0.05, 0) is 38.1 Å². The largest absolute Gasteiger partial charge is 0.311 e. The Morgan fingerprint density at radius 3 is 2.52 bits per heavy atom. The van der Waals surface area contributed by atoms with Gasteiger partial charge in [0.15, 0.2) is 9.84 Å². The molecule has 1 saturated heterocycles. The number of sulfone groups is 1. The molecule has 0 bridgehead atoms. The van der Waals surface area contributed by atoms with Crippen molar-refractivity contribution in [2.75, 3.05) is 25.9 Å². The molecule has 2 rings (SSSR count). The molecule has 124 valence electrons. The van der Waals surface area contributed by atoms with Crippen LogP contribution in [-0.4, -0.2) is 56.5 Å². The zero-order chi connectivity index (χ0) is 15.5. The summed E-state index contributed by atoms with van der Waals surface area (Å²) in [5.41, 5.74) is 0. The van der Waals surface area contributed by atoms with Crippen LogP contribution in [-0.2, 0) is 9.84 Å². The SMILES string of the molecule is CC(C)CN1CCC[C@H]1CN[C@H]1CCCC[C@@H]1S(C)(=O)=O. The van der Waals surface area contributed by atoms with E-state index in [1.54, 1.807) is 0 Å². The highest BCUT2D eigenvalue weighted by molar-refractivity contribution is 7.91. The van der Waals surface area contributed by atoms with E-state index in [-0.39, 0.29) is 11.3 Å². The average Bonchev–Trinajstić information content (AvgIpc) is 2.82. The van der Waals surface area contributed by atoms with Crippen molar-refractivity contribution < 1.29 is 8.42 Å². The van der Waals surface area contributed by atoms with Gasteiger partial charge in [0.1, 0.15) is 0 Å². The van der Waals surface area contributed by atoms with Gasteiger partial charge in [-0.3, -0.25) is 4.90 Å². The molecule has 1 heterocycles. The highest BCUT2D eigenvalue weighted by Gasteiger charge is 2.33. The van der Waals surface area contributed by atoms with Gasteiger partial charge in [0, 0.05) is 31.4 Å². The molecule has 0 aromatic heterocycles. The smallest absolute Gasteiger partial charge is 0.151 e. The fourth-order valence-electron chi connectivity index (χ4n) is 3.97. The van der Waals surface area contributed by atoms with Crippen LogP contribution in [0.25, 0.3) is 0 Å². The Hall–Kier alpha value is -0.130. The van der Waals surface area contributed by atoms with Crippen molar-refractivity contribution in [1.82, 2.24) is 10.2 Å². The predicted molar refractivity (Wildman–Crippen MR) is 88.3 cm³/mol. The standard InChI is InChI=1S/C16H32N2O2S/c1-13(2)12-18-10-6-7-14(18)11-17-15-8-4-5-9-16(15)21(3,19)20/h13-17H,4-12H2,1-3H3/t14-,15-,16-/m0/s1. The number of hydrogen-bond donors (Lipinski definition) is 1. The van der Waals surface area contributed by atoms with Crippen LogP contribution in [0.1, 0.15) is 52.4 Å². The Morgan fingerprint density at radius 2 is 1.86 bits per heavy atom. The number of nitrogens with one attached hydrogen (secondary N) is 1. The fourth-order valence-corrected chi connectivity index (χ4v) is 5.39. The number of nitrogens with zero attached hydrogens (tertiary/aromatic N) is 1. The Morgan fingerprint density at radius 1 is 1.14 bits per heavy atom. The third-order valence-corrected chi connectivity index (χ3v) is 6.63. The van der Waals surface area contributed by atoms with Crippen LogP contribution in [0, 0.1) is 5.92 Å². The van der Waals surface area contributed by atoms with Crippen molar-refractivity contribution >= 4 is 9.84 Å². The minimum Gasteiger partial charge on any atom is -0.311 e. The van der Waals surface area contributed by atoms with Crippen LogP contribution in [0.3, 0.4) is 0 Å². The molecule has 3 atom stereocenters. The highest BCUT2D eigenvalue weighted by Crippen LogP contribution is 2.25. The van der Waals surface area contributed by atoms with Crippen molar-refractivity contribution in [1.29, 1.82) is 0 Å². The van der Waals surface area contributed by atoms with Gasteiger partial charge >= 0.3 is 0 Å². The second-order valence-corrected chi connectivity index (χ2v) is 9.62. The van der Waals surface area contributed by atoms with E-state index < -0.39 is 9.84 Å². The summed E-state index contributed by atoms with van der Waals surface area (Å²) in [7, 11) is -2.93. The molecular formula is C16H32N2O2S. The molecule has 2 aliphatic rings. The van der Waals surface area contributed by atoms with Crippen LogP contribution in [0.5, 0.6) is 0 Å². The molecular weight excluding hydrogens is 284 g/mol. The van der Waals surface area contributed by atoms with E-state index in [1.165, 1.54) is 25.6 Å². The topological polar surface area (TPSA) is 49.4 Å². The molecule has 5 heteroatoms. The van der Waals surface area contributed by atoms with Crippen molar-refractivity contribution in [2.45, 2.75) is 69.7 Å². The van der Waals surface area contributed by atoms with E-state index in [1.807, 2.05) is 0 Å². The lowest BCUT2D eigenvalue weighted by molar-refractivity contribution is 0.213. The molecule has 0 aromatic rings. The van der Waals surface area contributed by atoms with E-state index in [2.05, 4.69) is 24.1 Å². The second-order valence-electron chi connectivity index (χ2n) is 7.35. The van der Waals surface area contributed by atoms with E-state index in [4.69, 9.17) is 0 Å². The van der Waals surface area contributed by atoms with Crippen LogP contribution >= 0.6 is 0 Å². The number of rotatable bonds is 6. The molecule has 0 amide bonds. The first kappa shape index (κ1) is 17.2.